The van der Waals surface area contributed by atoms with Crippen molar-refractivity contribution in [3.8, 4) is 0 Å². The molecule has 2 heteroatoms. The maximum Gasteiger partial charge on any atom is 0.0410 e. The molecule has 0 spiro atoms. The van der Waals surface area contributed by atoms with Crippen molar-refractivity contribution in [2.24, 2.45) is 0 Å². The Labute approximate surface area is 77.9 Å². The van der Waals surface area contributed by atoms with Crippen molar-refractivity contribution in [3.63, 3.8) is 0 Å². The molecular formula is C10H12ClN. The summed E-state index contributed by atoms with van der Waals surface area (Å²) < 4.78 is 0. The van der Waals surface area contributed by atoms with E-state index >= 15 is 0 Å². The van der Waals surface area contributed by atoms with E-state index in [-0.39, 0.29) is 0 Å². The standard InChI is InChI=1S/C10H12ClN/c1-2-12-6-5-8-7-9(11)3-4-10(8)12/h3-4,7H,2,5-6H2,1H3. The zero-order chi connectivity index (χ0) is 8.55. The molecule has 0 aliphatic carbocycles. The van der Waals surface area contributed by atoms with Gasteiger partial charge in [-0.1, -0.05) is 11.6 Å². The van der Waals surface area contributed by atoms with Crippen LogP contribution in [0.5, 0.6) is 0 Å². The summed E-state index contributed by atoms with van der Waals surface area (Å²) in [6.45, 7) is 4.42. The summed E-state index contributed by atoms with van der Waals surface area (Å²) >= 11 is 5.90. The molecule has 0 amide bonds. The Bertz CT molecular complexity index is 296. The number of rotatable bonds is 1. The molecule has 1 heterocycles. The number of halogens is 1. The van der Waals surface area contributed by atoms with E-state index < -0.39 is 0 Å². The van der Waals surface area contributed by atoms with E-state index in [4.69, 9.17) is 11.6 Å². The monoisotopic (exact) mass is 181 g/mol. The van der Waals surface area contributed by atoms with Gasteiger partial charge in [0.25, 0.3) is 0 Å². The molecule has 2 rings (SSSR count). The van der Waals surface area contributed by atoms with E-state index in [1.54, 1.807) is 0 Å². The average Bonchev–Trinajstić information content (AvgIpc) is 2.46. The molecule has 0 atom stereocenters. The van der Waals surface area contributed by atoms with Crippen LogP contribution in [-0.4, -0.2) is 13.1 Å². The van der Waals surface area contributed by atoms with Gasteiger partial charge in [0.1, 0.15) is 0 Å². The Balaban J connectivity index is 2.40. The Morgan fingerprint density at radius 3 is 3.08 bits per heavy atom. The molecule has 12 heavy (non-hydrogen) atoms. The van der Waals surface area contributed by atoms with E-state index in [0.29, 0.717) is 0 Å². The van der Waals surface area contributed by atoms with Gasteiger partial charge in [0.2, 0.25) is 0 Å². The lowest BCUT2D eigenvalue weighted by molar-refractivity contribution is 0.868. The summed E-state index contributed by atoms with van der Waals surface area (Å²) in [5.74, 6) is 0. The molecular weight excluding hydrogens is 170 g/mol. The SMILES string of the molecule is CCN1CCc2cc(Cl)ccc21. The van der Waals surface area contributed by atoms with Crippen molar-refractivity contribution in [1.82, 2.24) is 0 Å². The minimum Gasteiger partial charge on any atom is -0.371 e. The highest BCUT2D eigenvalue weighted by atomic mass is 35.5. The van der Waals surface area contributed by atoms with Crippen molar-refractivity contribution >= 4 is 17.3 Å². The number of hydrogen-bond acceptors (Lipinski definition) is 1. The molecule has 0 fully saturated rings. The Morgan fingerprint density at radius 2 is 2.33 bits per heavy atom. The highest BCUT2D eigenvalue weighted by Crippen LogP contribution is 2.29. The van der Waals surface area contributed by atoms with Crippen LogP contribution in [0, 0.1) is 0 Å². The van der Waals surface area contributed by atoms with E-state index in [9.17, 15) is 0 Å². The molecule has 1 aliphatic heterocycles. The third-order valence-corrected chi connectivity index (χ3v) is 2.65. The second-order valence-electron chi connectivity index (χ2n) is 3.10. The zero-order valence-electron chi connectivity index (χ0n) is 7.18. The molecule has 0 unspecified atom stereocenters. The van der Waals surface area contributed by atoms with Gasteiger partial charge in [0, 0.05) is 23.8 Å². The lowest BCUT2D eigenvalue weighted by Gasteiger charge is -2.15. The number of fused-ring (bicyclic) bond motifs is 1. The first-order chi connectivity index (χ1) is 5.81. The van der Waals surface area contributed by atoms with Gasteiger partial charge in [-0.15, -0.1) is 0 Å². The van der Waals surface area contributed by atoms with Gasteiger partial charge in [-0.2, -0.15) is 0 Å². The van der Waals surface area contributed by atoms with Crippen LogP contribution in [0.25, 0.3) is 0 Å². The Hall–Kier alpha value is -0.690. The molecule has 64 valence electrons. The van der Waals surface area contributed by atoms with E-state index in [1.807, 2.05) is 6.07 Å². The van der Waals surface area contributed by atoms with E-state index in [2.05, 4.69) is 24.0 Å². The molecule has 1 aliphatic rings. The zero-order valence-corrected chi connectivity index (χ0v) is 7.93. The summed E-state index contributed by atoms with van der Waals surface area (Å²) in [4.78, 5) is 2.38. The van der Waals surface area contributed by atoms with Crippen LogP contribution in [0.3, 0.4) is 0 Å². The highest BCUT2D eigenvalue weighted by molar-refractivity contribution is 6.30. The third kappa shape index (κ3) is 1.18. The molecule has 1 aromatic carbocycles. The number of anilines is 1. The summed E-state index contributed by atoms with van der Waals surface area (Å²) in [6, 6.07) is 6.16. The fourth-order valence-corrected chi connectivity index (χ4v) is 1.96. The van der Waals surface area contributed by atoms with Crippen LogP contribution in [0.2, 0.25) is 5.02 Å². The van der Waals surface area contributed by atoms with Gasteiger partial charge in [-0.25, -0.2) is 0 Å². The van der Waals surface area contributed by atoms with Crippen molar-refractivity contribution < 1.29 is 0 Å². The van der Waals surface area contributed by atoms with Crippen LogP contribution < -0.4 is 4.90 Å². The van der Waals surface area contributed by atoms with Crippen LogP contribution in [0.1, 0.15) is 12.5 Å². The lowest BCUT2D eigenvalue weighted by atomic mass is 10.2. The van der Waals surface area contributed by atoms with Crippen molar-refractivity contribution in [3.05, 3.63) is 28.8 Å². The van der Waals surface area contributed by atoms with Gasteiger partial charge in [0.05, 0.1) is 0 Å². The topological polar surface area (TPSA) is 3.24 Å². The fraction of sp³-hybridized carbons (Fsp3) is 0.400. The Morgan fingerprint density at radius 1 is 1.50 bits per heavy atom. The van der Waals surface area contributed by atoms with Crippen LogP contribution in [0.4, 0.5) is 5.69 Å². The summed E-state index contributed by atoms with van der Waals surface area (Å²) in [7, 11) is 0. The number of nitrogens with zero attached hydrogens (tertiary/aromatic N) is 1. The summed E-state index contributed by atoms with van der Waals surface area (Å²) in [6.07, 6.45) is 1.14. The number of likely N-dealkylation sites (N-methyl/N-ethyl adjacent to an activating group) is 1. The van der Waals surface area contributed by atoms with Gasteiger partial charge >= 0.3 is 0 Å². The quantitative estimate of drug-likeness (QED) is 0.644. The molecule has 1 nitrogen and oxygen atoms in total. The molecule has 0 radical (unpaired) electrons. The van der Waals surface area contributed by atoms with Crippen molar-refractivity contribution in [2.45, 2.75) is 13.3 Å². The number of benzene rings is 1. The second-order valence-corrected chi connectivity index (χ2v) is 3.54. The lowest BCUT2D eigenvalue weighted by Crippen LogP contribution is -2.18. The first-order valence-electron chi connectivity index (χ1n) is 4.34. The van der Waals surface area contributed by atoms with Gasteiger partial charge in [-0.3, -0.25) is 0 Å². The predicted molar refractivity (Wildman–Crippen MR) is 53.0 cm³/mol. The van der Waals surface area contributed by atoms with Gasteiger partial charge < -0.3 is 4.90 Å². The molecule has 0 N–H and O–H groups in total. The summed E-state index contributed by atoms with van der Waals surface area (Å²) in [5.41, 5.74) is 2.76. The highest BCUT2D eigenvalue weighted by Gasteiger charge is 2.16. The normalized spacial score (nSPS) is 15.0. The van der Waals surface area contributed by atoms with Crippen LogP contribution >= 0.6 is 11.6 Å². The molecule has 0 aromatic heterocycles. The van der Waals surface area contributed by atoms with E-state index in [0.717, 1.165) is 24.5 Å². The van der Waals surface area contributed by atoms with Crippen molar-refractivity contribution in [2.75, 3.05) is 18.0 Å². The van der Waals surface area contributed by atoms with Crippen molar-refractivity contribution in [1.29, 1.82) is 0 Å². The third-order valence-electron chi connectivity index (χ3n) is 2.42. The van der Waals surface area contributed by atoms with E-state index in [1.165, 1.54) is 11.3 Å². The minimum atomic E-state index is 0.853. The first kappa shape index (κ1) is 7.93. The van der Waals surface area contributed by atoms with Crippen LogP contribution in [-0.2, 0) is 6.42 Å². The fourth-order valence-electron chi connectivity index (χ4n) is 1.77. The summed E-state index contributed by atoms with van der Waals surface area (Å²) in [5, 5.41) is 0.853. The molecule has 0 saturated heterocycles. The van der Waals surface area contributed by atoms with Crippen LogP contribution in [0.15, 0.2) is 18.2 Å². The molecule has 0 saturated carbocycles. The first-order valence-corrected chi connectivity index (χ1v) is 4.72. The predicted octanol–water partition coefficient (Wildman–Crippen LogP) is 2.72. The average molecular weight is 182 g/mol. The maximum atomic E-state index is 5.90. The number of hydrogen-bond donors (Lipinski definition) is 0. The Kier molecular flexibility index (Phi) is 1.97. The molecule has 1 aromatic rings. The smallest absolute Gasteiger partial charge is 0.0410 e. The second kappa shape index (κ2) is 2.98. The largest absolute Gasteiger partial charge is 0.371 e. The molecule has 0 bridgehead atoms. The van der Waals surface area contributed by atoms with Gasteiger partial charge in [0.15, 0.2) is 0 Å². The van der Waals surface area contributed by atoms with Gasteiger partial charge in [-0.05, 0) is 37.1 Å². The minimum absolute atomic E-state index is 0.853. The maximum absolute atomic E-state index is 5.90.